The van der Waals surface area contributed by atoms with Crippen LogP contribution >= 0.6 is 0 Å². The Balaban J connectivity index is 2.06. The average molecular weight is 268 g/mol. The molecule has 2 rings (SSSR count). The number of nitrogens with one attached hydrogen (secondary N) is 1. The number of nitro groups is 1. The van der Waals surface area contributed by atoms with Crippen LogP contribution in [0.15, 0.2) is 18.2 Å². The lowest BCUT2D eigenvalue weighted by atomic mass is 10.1. The van der Waals surface area contributed by atoms with Crippen molar-refractivity contribution in [1.82, 2.24) is 5.32 Å². The zero-order chi connectivity index (χ0) is 13.8. The van der Waals surface area contributed by atoms with Gasteiger partial charge < -0.3 is 10.1 Å². The summed E-state index contributed by atoms with van der Waals surface area (Å²) in [6, 6.07) is 3.12. The van der Waals surface area contributed by atoms with E-state index in [9.17, 15) is 19.3 Å². The van der Waals surface area contributed by atoms with Crippen molar-refractivity contribution in [2.45, 2.75) is 18.9 Å². The molecule has 0 bridgehead atoms. The second kappa shape index (κ2) is 5.75. The Morgan fingerprint density at radius 2 is 2.11 bits per heavy atom. The van der Waals surface area contributed by atoms with E-state index in [4.69, 9.17) is 4.74 Å². The van der Waals surface area contributed by atoms with Gasteiger partial charge in [-0.25, -0.2) is 0 Å². The van der Waals surface area contributed by atoms with Crippen LogP contribution in [0.1, 0.15) is 23.2 Å². The van der Waals surface area contributed by atoms with Gasteiger partial charge in [0.2, 0.25) is 5.82 Å². The van der Waals surface area contributed by atoms with E-state index in [-0.39, 0.29) is 11.6 Å². The molecular formula is C12H13FN2O4. The van der Waals surface area contributed by atoms with E-state index in [2.05, 4.69) is 5.32 Å². The minimum atomic E-state index is -1.01. The van der Waals surface area contributed by atoms with Gasteiger partial charge in [-0.3, -0.25) is 14.9 Å². The first kappa shape index (κ1) is 13.4. The Hall–Kier alpha value is -2.02. The third-order valence-electron chi connectivity index (χ3n) is 2.96. The summed E-state index contributed by atoms with van der Waals surface area (Å²) in [6.07, 6.45) is 1.42. The summed E-state index contributed by atoms with van der Waals surface area (Å²) in [4.78, 5) is 21.5. The minimum Gasteiger partial charge on any atom is -0.381 e. The van der Waals surface area contributed by atoms with Crippen molar-refractivity contribution in [2.24, 2.45) is 0 Å². The largest absolute Gasteiger partial charge is 0.381 e. The van der Waals surface area contributed by atoms with Gasteiger partial charge in [0, 0.05) is 30.9 Å². The second-order valence-electron chi connectivity index (χ2n) is 4.28. The van der Waals surface area contributed by atoms with Crippen molar-refractivity contribution in [2.75, 3.05) is 13.2 Å². The third-order valence-corrected chi connectivity index (χ3v) is 2.96. The van der Waals surface area contributed by atoms with Gasteiger partial charge in [0.15, 0.2) is 0 Å². The van der Waals surface area contributed by atoms with Gasteiger partial charge in [-0.2, -0.15) is 4.39 Å². The maximum atomic E-state index is 13.4. The minimum absolute atomic E-state index is 0.000460. The number of hydrogen-bond acceptors (Lipinski definition) is 4. The first-order chi connectivity index (χ1) is 9.08. The van der Waals surface area contributed by atoms with Crippen molar-refractivity contribution in [1.29, 1.82) is 0 Å². The molecule has 7 heteroatoms. The van der Waals surface area contributed by atoms with Crippen LogP contribution in [-0.2, 0) is 4.74 Å². The number of rotatable bonds is 3. The van der Waals surface area contributed by atoms with Crippen molar-refractivity contribution in [3.8, 4) is 0 Å². The van der Waals surface area contributed by atoms with Gasteiger partial charge in [0.25, 0.3) is 5.91 Å². The van der Waals surface area contributed by atoms with Crippen molar-refractivity contribution in [3.05, 3.63) is 39.7 Å². The van der Waals surface area contributed by atoms with Crippen LogP contribution in [0, 0.1) is 15.9 Å². The van der Waals surface area contributed by atoms with E-state index < -0.39 is 22.3 Å². The molecule has 0 atom stereocenters. The highest BCUT2D eigenvalue weighted by molar-refractivity contribution is 5.94. The predicted octanol–water partition coefficient (Wildman–Crippen LogP) is 1.64. The highest BCUT2D eigenvalue weighted by atomic mass is 19.1. The number of carbonyl (C=O) groups excluding carboxylic acids is 1. The summed E-state index contributed by atoms with van der Waals surface area (Å²) in [5.41, 5.74) is -0.558. The fourth-order valence-electron chi connectivity index (χ4n) is 1.91. The Morgan fingerprint density at radius 1 is 1.42 bits per heavy atom. The van der Waals surface area contributed by atoms with Gasteiger partial charge in [-0.1, -0.05) is 0 Å². The highest BCUT2D eigenvalue weighted by Crippen LogP contribution is 2.18. The van der Waals surface area contributed by atoms with E-state index in [1.165, 1.54) is 6.07 Å². The van der Waals surface area contributed by atoms with Gasteiger partial charge in [-0.05, 0) is 25.0 Å². The molecular weight excluding hydrogens is 255 g/mol. The molecule has 102 valence electrons. The highest BCUT2D eigenvalue weighted by Gasteiger charge is 2.20. The van der Waals surface area contributed by atoms with Crippen LogP contribution < -0.4 is 5.32 Å². The Kier molecular flexibility index (Phi) is 4.06. The molecule has 0 spiro atoms. The average Bonchev–Trinajstić information content (AvgIpc) is 2.39. The van der Waals surface area contributed by atoms with Crippen LogP contribution in [0.2, 0.25) is 0 Å². The van der Waals surface area contributed by atoms with Crippen LogP contribution in [0.3, 0.4) is 0 Å². The summed E-state index contributed by atoms with van der Waals surface area (Å²) in [7, 11) is 0. The molecule has 1 aromatic carbocycles. The van der Waals surface area contributed by atoms with E-state index >= 15 is 0 Å². The molecule has 19 heavy (non-hydrogen) atoms. The maximum absolute atomic E-state index is 13.4. The lowest BCUT2D eigenvalue weighted by Crippen LogP contribution is -2.38. The molecule has 0 aliphatic carbocycles. The van der Waals surface area contributed by atoms with Gasteiger partial charge in [0.1, 0.15) is 0 Å². The number of nitro benzene ring substituents is 1. The molecule has 0 saturated carbocycles. The predicted molar refractivity (Wildman–Crippen MR) is 64.4 cm³/mol. The lowest BCUT2D eigenvalue weighted by Gasteiger charge is -2.23. The van der Waals surface area contributed by atoms with Crippen molar-refractivity contribution >= 4 is 11.6 Å². The number of nitrogens with zero attached hydrogens (tertiary/aromatic N) is 1. The Morgan fingerprint density at radius 3 is 2.68 bits per heavy atom. The van der Waals surface area contributed by atoms with Crippen molar-refractivity contribution < 1.29 is 18.8 Å². The number of benzene rings is 1. The molecule has 1 aromatic rings. The van der Waals surface area contributed by atoms with Crippen LogP contribution in [0.5, 0.6) is 0 Å². The van der Waals surface area contributed by atoms with Crippen LogP contribution in [0.4, 0.5) is 10.1 Å². The molecule has 1 aliphatic heterocycles. The zero-order valence-electron chi connectivity index (χ0n) is 10.1. The van der Waals surface area contributed by atoms with Crippen LogP contribution in [0.25, 0.3) is 0 Å². The van der Waals surface area contributed by atoms with E-state index in [1.807, 2.05) is 0 Å². The van der Waals surface area contributed by atoms with Crippen LogP contribution in [-0.4, -0.2) is 30.1 Å². The standard InChI is InChI=1S/C12H13FN2O4/c13-10-7-8(1-2-11(10)15(17)18)12(16)14-9-3-5-19-6-4-9/h1-2,7,9H,3-6H2,(H,14,16). The SMILES string of the molecule is O=C(NC1CCOCC1)c1ccc([N+](=O)[O-])c(F)c1. The number of hydrogen-bond donors (Lipinski definition) is 1. The molecule has 0 unspecified atom stereocenters. The summed E-state index contributed by atoms with van der Waals surface area (Å²) < 4.78 is 18.6. The Labute approximate surface area is 108 Å². The normalized spacial score (nSPS) is 16.1. The van der Waals surface area contributed by atoms with Gasteiger partial charge in [0.05, 0.1) is 4.92 Å². The smallest absolute Gasteiger partial charge is 0.304 e. The van der Waals surface area contributed by atoms with E-state index in [0.29, 0.717) is 26.1 Å². The molecule has 1 fully saturated rings. The Bertz CT molecular complexity index is 501. The monoisotopic (exact) mass is 268 g/mol. The van der Waals surface area contributed by atoms with E-state index in [1.54, 1.807) is 0 Å². The number of halogens is 1. The fraction of sp³-hybridized carbons (Fsp3) is 0.417. The second-order valence-corrected chi connectivity index (χ2v) is 4.28. The summed E-state index contributed by atoms with van der Waals surface area (Å²) in [5, 5.41) is 13.2. The van der Waals surface area contributed by atoms with Gasteiger partial charge in [-0.15, -0.1) is 0 Å². The third kappa shape index (κ3) is 3.25. The first-order valence-electron chi connectivity index (χ1n) is 5.90. The molecule has 1 amide bonds. The quantitative estimate of drug-likeness (QED) is 0.667. The maximum Gasteiger partial charge on any atom is 0.304 e. The molecule has 1 aliphatic rings. The fourth-order valence-corrected chi connectivity index (χ4v) is 1.91. The summed E-state index contributed by atoms with van der Waals surface area (Å²) >= 11 is 0. The number of ether oxygens (including phenoxy) is 1. The number of carbonyl (C=O) groups is 1. The molecule has 1 heterocycles. The van der Waals surface area contributed by atoms with Crippen molar-refractivity contribution in [3.63, 3.8) is 0 Å². The first-order valence-corrected chi connectivity index (χ1v) is 5.90. The molecule has 1 saturated heterocycles. The lowest BCUT2D eigenvalue weighted by molar-refractivity contribution is -0.387. The molecule has 6 nitrogen and oxygen atoms in total. The molecule has 0 aromatic heterocycles. The molecule has 1 N–H and O–H groups in total. The summed E-state index contributed by atoms with van der Waals surface area (Å²) in [5.74, 6) is -1.44. The molecule has 0 radical (unpaired) electrons. The van der Waals surface area contributed by atoms with E-state index in [0.717, 1.165) is 12.1 Å². The van der Waals surface area contributed by atoms with Gasteiger partial charge >= 0.3 is 5.69 Å². The topological polar surface area (TPSA) is 81.5 Å². The number of amides is 1. The summed E-state index contributed by atoms with van der Waals surface area (Å²) in [6.45, 7) is 1.17. The zero-order valence-corrected chi connectivity index (χ0v) is 10.1.